The molecule has 0 saturated heterocycles. The fourth-order valence-corrected chi connectivity index (χ4v) is 2.38. The molecule has 2 unspecified atom stereocenters. The number of methoxy groups -OCH3 is 1. The Morgan fingerprint density at radius 1 is 1.27 bits per heavy atom. The first-order valence-electron chi connectivity index (χ1n) is 7.98. The highest BCUT2D eigenvalue weighted by molar-refractivity contribution is 14.0. The van der Waals surface area contributed by atoms with Gasteiger partial charge in [-0.3, -0.25) is 9.89 Å². The van der Waals surface area contributed by atoms with E-state index in [1.165, 1.54) is 12.8 Å². The lowest BCUT2D eigenvalue weighted by atomic mass is 9.89. The van der Waals surface area contributed by atoms with Crippen LogP contribution in [0.1, 0.15) is 40.5 Å². The Balaban J connectivity index is 0.00000441. The van der Waals surface area contributed by atoms with Crippen LogP contribution in [0.5, 0.6) is 0 Å². The van der Waals surface area contributed by atoms with Crippen molar-refractivity contribution in [3.8, 4) is 0 Å². The Morgan fingerprint density at radius 2 is 1.82 bits per heavy atom. The van der Waals surface area contributed by atoms with E-state index in [1.807, 2.05) is 7.05 Å². The summed E-state index contributed by atoms with van der Waals surface area (Å²) in [7, 11) is 5.78. The number of hydrogen-bond donors (Lipinski definition) is 2. The normalized spacial score (nSPS) is 18.6. The van der Waals surface area contributed by atoms with E-state index in [9.17, 15) is 0 Å². The first-order valence-corrected chi connectivity index (χ1v) is 7.98. The molecule has 0 bridgehead atoms. The zero-order valence-corrected chi connectivity index (χ0v) is 17.6. The highest BCUT2D eigenvalue weighted by Crippen LogP contribution is 2.26. The minimum absolute atomic E-state index is 0. The first-order chi connectivity index (χ1) is 9.79. The van der Waals surface area contributed by atoms with E-state index in [2.05, 4.69) is 55.3 Å². The van der Waals surface area contributed by atoms with Crippen LogP contribution >= 0.6 is 24.0 Å². The molecule has 0 aromatic heterocycles. The predicted octanol–water partition coefficient (Wildman–Crippen LogP) is 2.31. The summed E-state index contributed by atoms with van der Waals surface area (Å²) in [5, 5.41) is 6.77. The Labute approximate surface area is 153 Å². The van der Waals surface area contributed by atoms with Gasteiger partial charge >= 0.3 is 0 Å². The van der Waals surface area contributed by atoms with Crippen molar-refractivity contribution in [2.75, 3.05) is 34.3 Å². The van der Waals surface area contributed by atoms with Crippen molar-refractivity contribution in [2.45, 2.75) is 58.7 Å². The van der Waals surface area contributed by atoms with E-state index in [1.54, 1.807) is 7.11 Å². The molecule has 0 radical (unpaired) electrons. The molecule has 132 valence electrons. The minimum atomic E-state index is 0. The highest BCUT2D eigenvalue weighted by atomic mass is 127. The van der Waals surface area contributed by atoms with Gasteiger partial charge in [0.1, 0.15) is 0 Å². The number of nitrogens with one attached hydrogen (secondary N) is 2. The Bertz CT molecular complexity index is 340. The van der Waals surface area contributed by atoms with Gasteiger partial charge in [-0.25, -0.2) is 0 Å². The molecule has 5 nitrogen and oxygen atoms in total. The molecule has 0 aromatic carbocycles. The number of likely N-dealkylation sites (N-methyl/N-ethyl adjacent to an activating group) is 1. The molecule has 1 aliphatic carbocycles. The number of hydrogen-bond acceptors (Lipinski definition) is 3. The lowest BCUT2D eigenvalue weighted by Crippen LogP contribution is -2.48. The van der Waals surface area contributed by atoms with Crippen LogP contribution in [-0.2, 0) is 4.74 Å². The zero-order valence-electron chi connectivity index (χ0n) is 15.3. The minimum Gasteiger partial charge on any atom is -0.379 e. The molecule has 1 aliphatic rings. The second-order valence-corrected chi connectivity index (χ2v) is 7.17. The number of nitrogens with zero attached hydrogens (tertiary/aromatic N) is 2. The van der Waals surface area contributed by atoms with Crippen LogP contribution in [0.15, 0.2) is 4.99 Å². The van der Waals surface area contributed by atoms with Gasteiger partial charge in [-0.2, -0.15) is 0 Å². The Kier molecular flexibility index (Phi) is 9.89. The average Bonchev–Trinajstić information content (AvgIpc) is 3.24. The third kappa shape index (κ3) is 7.46. The largest absolute Gasteiger partial charge is 0.379 e. The van der Waals surface area contributed by atoms with Gasteiger partial charge in [-0.1, -0.05) is 20.8 Å². The van der Waals surface area contributed by atoms with Crippen molar-refractivity contribution >= 4 is 29.9 Å². The molecule has 1 rings (SSSR count). The molecule has 2 N–H and O–H groups in total. The van der Waals surface area contributed by atoms with E-state index >= 15 is 0 Å². The zero-order chi connectivity index (χ0) is 16.0. The van der Waals surface area contributed by atoms with E-state index in [0.29, 0.717) is 6.04 Å². The van der Waals surface area contributed by atoms with Crippen molar-refractivity contribution in [3.05, 3.63) is 0 Å². The number of halogens is 1. The third-order valence-corrected chi connectivity index (χ3v) is 4.31. The summed E-state index contributed by atoms with van der Waals surface area (Å²) in [6.45, 7) is 10.5. The van der Waals surface area contributed by atoms with Crippen molar-refractivity contribution in [2.24, 2.45) is 10.4 Å². The van der Waals surface area contributed by atoms with Crippen LogP contribution in [0.25, 0.3) is 0 Å². The van der Waals surface area contributed by atoms with Gasteiger partial charge in [-0.15, -0.1) is 24.0 Å². The summed E-state index contributed by atoms with van der Waals surface area (Å²) < 4.78 is 5.56. The van der Waals surface area contributed by atoms with E-state index in [4.69, 9.17) is 4.74 Å². The Morgan fingerprint density at radius 3 is 2.23 bits per heavy atom. The molecule has 0 aliphatic heterocycles. The van der Waals surface area contributed by atoms with Crippen LogP contribution < -0.4 is 10.6 Å². The van der Waals surface area contributed by atoms with Crippen molar-refractivity contribution in [3.63, 3.8) is 0 Å². The van der Waals surface area contributed by atoms with Crippen LogP contribution in [0, 0.1) is 5.41 Å². The smallest absolute Gasteiger partial charge is 0.191 e. The number of rotatable bonds is 7. The van der Waals surface area contributed by atoms with Gasteiger partial charge in [0.25, 0.3) is 0 Å². The van der Waals surface area contributed by atoms with E-state index in [-0.39, 0.29) is 35.5 Å². The molecule has 22 heavy (non-hydrogen) atoms. The maximum absolute atomic E-state index is 5.56. The van der Waals surface area contributed by atoms with Gasteiger partial charge in [0, 0.05) is 39.3 Å². The van der Waals surface area contributed by atoms with Crippen molar-refractivity contribution < 1.29 is 4.74 Å². The molecule has 1 fully saturated rings. The lowest BCUT2D eigenvalue weighted by molar-refractivity contribution is 0.0205. The molecule has 0 spiro atoms. The molecule has 1 saturated carbocycles. The summed E-state index contributed by atoms with van der Waals surface area (Å²) in [4.78, 5) is 6.74. The second kappa shape index (κ2) is 9.93. The lowest BCUT2D eigenvalue weighted by Gasteiger charge is -2.30. The van der Waals surface area contributed by atoms with Gasteiger partial charge < -0.3 is 15.4 Å². The molecule has 2 atom stereocenters. The number of aliphatic imine (C=N–C) groups is 1. The summed E-state index contributed by atoms with van der Waals surface area (Å²) in [5.74, 6) is 0.845. The monoisotopic (exact) mass is 426 g/mol. The summed E-state index contributed by atoms with van der Waals surface area (Å²) >= 11 is 0. The van der Waals surface area contributed by atoms with Crippen LogP contribution in [0.4, 0.5) is 0 Å². The Hall–Kier alpha value is -0.0800. The molecular formula is C16H35IN4O. The molecule has 0 aromatic rings. The van der Waals surface area contributed by atoms with Gasteiger partial charge in [0.15, 0.2) is 5.96 Å². The average molecular weight is 426 g/mol. The fourth-order valence-electron chi connectivity index (χ4n) is 2.38. The van der Waals surface area contributed by atoms with Crippen molar-refractivity contribution in [1.29, 1.82) is 0 Å². The maximum Gasteiger partial charge on any atom is 0.191 e. The quantitative estimate of drug-likeness (QED) is 0.373. The molecule has 6 heteroatoms. The van der Waals surface area contributed by atoms with E-state index < -0.39 is 0 Å². The fraction of sp³-hybridized carbons (Fsp3) is 0.938. The molecule has 0 amide bonds. The van der Waals surface area contributed by atoms with Gasteiger partial charge in [0.05, 0.1) is 6.10 Å². The van der Waals surface area contributed by atoms with Gasteiger partial charge in [0.2, 0.25) is 0 Å². The predicted molar refractivity (Wildman–Crippen MR) is 105 cm³/mol. The summed E-state index contributed by atoms with van der Waals surface area (Å²) in [5.41, 5.74) is 0.111. The summed E-state index contributed by atoms with van der Waals surface area (Å²) in [6, 6.07) is 1.30. The topological polar surface area (TPSA) is 48.9 Å². The van der Waals surface area contributed by atoms with Crippen LogP contribution in [-0.4, -0.2) is 63.3 Å². The first kappa shape index (κ1) is 21.9. The van der Waals surface area contributed by atoms with Crippen molar-refractivity contribution in [1.82, 2.24) is 15.5 Å². The number of ether oxygens (including phenoxy) is 1. The standard InChI is InChI=1S/C16H34N4O.HI/c1-12(20(6)13-8-9-13)10-18-15(17-5)19-11-14(21-7)16(2,3)4;/h12-14H,8-11H2,1-7H3,(H2,17,18,19);1H. The van der Waals surface area contributed by atoms with Gasteiger partial charge in [-0.05, 0) is 32.2 Å². The number of guanidine groups is 1. The SMILES string of the molecule is CN=C(NCC(C)N(C)C1CC1)NCC(OC)C(C)(C)C.I. The molecular weight excluding hydrogens is 391 g/mol. The van der Waals surface area contributed by atoms with Crippen LogP contribution in [0.2, 0.25) is 0 Å². The van der Waals surface area contributed by atoms with E-state index in [0.717, 1.165) is 25.1 Å². The second-order valence-electron chi connectivity index (χ2n) is 7.17. The van der Waals surface area contributed by atoms with Crippen LogP contribution in [0.3, 0.4) is 0 Å². The third-order valence-electron chi connectivity index (χ3n) is 4.31. The summed E-state index contributed by atoms with van der Waals surface area (Å²) in [6.07, 6.45) is 2.84. The molecule has 0 heterocycles. The highest BCUT2D eigenvalue weighted by Gasteiger charge is 2.29. The maximum atomic E-state index is 5.56.